The number of hydrogen-bond donors (Lipinski definition) is 2. The number of anilines is 2. The summed E-state index contributed by atoms with van der Waals surface area (Å²) in [5.74, 6) is 1.33. The van der Waals surface area contributed by atoms with E-state index in [-0.39, 0.29) is 18.1 Å². The first-order valence-corrected chi connectivity index (χ1v) is 11.9. The topological polar surface area (TPSA) is 88.1 Å². The highest BCUT2D eigenvalue weighted by molar-refractivity contribution is 7.89. The van der Waals surface area contributed by atoms with Gasteiger partial charge in [-0.2, -0.15) is 0 Å². The summed E-state index contributed by atoms with van der Waals surface area (Å²) < 4.78 is 40.3. The van der Waals surface area contributed by atoms with Crippen LogP contribution < -0.4 is 14.4 Å². The van der Waals surface area contributed by atoms with E-state index in [1.807, 2.05) is 60.4 Å². The average Bonchev–Trinajstić information content (AvgIpc) is 2.79. The van der Waals surface area contributed by atoms with E-state index in [2.05, 4.69) is 4.72 Å². The molecule has 2 aliphatic heterocycles. The maximum atomic E-state index is 12.9. The molecule has 1 fully saturated rings. The van der Waals surface area contributed by atoms with Crippen molar-refractivity contribution in [2.45, 2.75) is 30.0 Å². The minimum atomic E-state index is -3.82. The first-order valence-electron chi connectivity index (χ1n) is 10.4. The van der Waals surface area contributed by atoms with E-state index >= 15 is 0 Å². The molecule has 0 spiro atoms. The third kappa shape index (κ3) is 3.75. The van der Waals surface area contributed by atoms with Crippen LogP contribution in [-0.4, -0.2) is 44.9 Å². The number of para-hydroxylation sites is 4. The molecule has 0 aliphatic carbocycles. The van der Waals surface area contributed by atoms with Crippen LogP contribution in [0.15, 0.2) is 77.7 Å². The van der Waals surface area contributed by atoms with Crippen LogP contribution in [0.5, 0.6) is 11.5 Å². The second kappa shape index (κ2) is 8.22. The molecule has 0 aromatic heterocycles. The molecule has 0 unspecified atom stereocenters. The quantitative estimate of drug-likeness (QED) is 0.631. The Balaban J connectivity index is 1.46. The minimum absolute atomic E-state index is 0.0798. The molecule has 32 heavy (non-hydrogen) atoms. The van der Waals surface area contributed by atoms with Crippen molar-refractivity contribution >= 4 is 21.4 Å². The Morgan fingerprint density at radius 3 is 2.12 bits per heavy atom. The fraction of sp³-hybridized carbons (Fsp3) is 0.250. The maximum Gasteiger partial charge on any atom is 0.240 e. The molecular formula is C24H24N2O5S. The first kappa shape index (κ1) is 21.0. The van der Waals surface area contributed by atoms with Crippen LogP contribution in [0.1, 0.15) is 5.56 Å². The van der Waals surface area contributed by atoms with Gasteiger partial charge in [0.1, 0.15) is 0 Å². The lowest BCUT2D eigenvalue weighted by Crippen LogP contribution is -2.60. The predicted molar refractivity (Wildman–Crippen MR) is 121 cm³/mol. The van der Waals surface area contributed by atoms with Crippen LogP contribution in [0.25, 0.3) is 0 Å². The highest BCUT2D eigenvalue weighted by atomic mass is 32.2. The number of rotatable bonds is 4. The van der Waals surface area contributed by atoms with E-state index < -0.39 is 28.2 Å². The molecule has 2 aliphatic rings. The Morgan fingerprint density at radius 2 is 1.50 bits per heavy atom. The molecule has 2 N–H and O–H groups in total. The Morgan fingerprint density at radius 1 is 0.906 bits per heavy atom. The van der Waals surface area contributed by atoms with Crippen molar-refractivity contribution in [3.63, 3.8) is 0 Å². The summed E-state index contributed by atoms with van der Waals surface area (Å²) >= 11 is 0. The lowest BCUT2D eigenvalue weighted by atomic mass is 9.98. The SMILES string of the molecule is Cc1ccc(S(=O)(=O)N[C@H]2COC[C@@H](N3c4ccccc4Oc4ccccc43)[C@@H]2O)cc1. The van der Waals surface area contributed by atoms with Crippen LogP contribution in [0.4, 0.5) is 11.4 Å². The molecule has 0 radical (unpaired) electrons. The summed E-state index contributed by atoms with van der Waals surface area (Å²) in [6.07, 6.45) is -1.01. The largest absolute Gasteiger partial charge is 0.453 e. The number of aliphatic hydroxyl groups is 1. The lowest BCUT2D eigenvalue weighted by molar-refractivity contribution is -0.0244. The van der Waals surface area contributed by atoms with E-state index in [1.165, 1.54) is 0 Å². The number of nitrogens with one attached hydrogen (secondary N) is 1. The molecule has 0 bridgehead atoms. The van der Waals surface area contributed by atoms with Gasteiger partial charge in [0, 0.05) is 0 Å². The minimum Gasteiger partial charge on any atom is -0.453 e. The summed E-state index contributed by atoms with van der Waals surface area (Å²) in [7, 11) is -3.82. The van der Waals surface area contributed by atoms with Gasteiger partial charge in [0.05, 0.1) is 47.7 Å². The van der Waals surface area contributed by atoms with E-state index in [0.29, 0.717) is 11.5 Å². The summed E-state index contributed by atoms with van der Waals surface area (Å²) in [5.41, 5.74) is 2.55. The molecule has 0 saturated carbocycles. The number of benzene rings is 3. The van der Waals surface area contributed by atoms with Crippen molar-refractivity contribution in [3.8, 4) is 11.5 Å². The Kier molecular flexibility index (Phi) is 5.38. The molecule has 2 heterocycles. The number of sulfonamides is 1. The number of aliphatic hydroxyl groups excluding tert-OH is 1. The number of aryl methyl sites for hydroxylation is 1. The third-order valence-corrected chi connectivity index (χ3v) is 7.34. The zero-order valence-electron chi connectivity index (χ0n) is 17.5. The summed E-state index contributed by atoms with van der Waals surface area (Å²) in [4.78, 5) is 2.13. The average molecular weight is 453 g/mol. The van der Waals surface area contributed by atoms with Crippen LogP contribution in [-0.2, 0) is 14.8 Å². The van der Waals surface area contributed by atoms with E-state index in [9.17, 15) is 13.5 Å². The Bertz CT molecular complexity index is 1180. The van der Waals surface area contributed by atoms with E-state index in [4.69, 9.17) is 9.47 Å². The zero-order valence-corrected chi connectivity index (χ0v) is 18.3. The molecule has 3 aromatic rings. The number of ether oxygens (including phenoxy) is 2. The van der Waals surface area contributed by atoms with Gasteiger partial charge in [-0.1, -0.05) is 42.0 Å². The number of fused-ring (bicyclic) bond motifs is 2. The maximum absolute atomic E-state index is 12.9. The lowest BCUT2D eigenvalue weighted by Gasteiger charge is -2.44. The summed E-state index contributed by atoms with van der Waals surface area (Å²) in [6, 6.07) is 20.4. The van der Waals surface area contributed by atoms with Gasteiger partial charge < -0.3 is 19.5 Å². The normalized spacial score (nSPS) is 22.6. The molecule has 166 valence electrons. The van der Waals surface area contributed by atoms with Crippen molar-refractivity contribution in [1.82, 2.24) is 4.72 Å². The van der Waals surface area contributed by atoms with Crippen molar-refractivity contribution in [1.29, 1.82) is 0 Å². The molecular weight excluding hydrogens is 428 g/mol. The molecule has 3 aromatic carbocycles. The van der Waals surface area contributed by atoms with Crippen LogP contribution in [0.2, 0.25) is 0 Å². The fourth-order valence-electron chi connectivity index (χ4n) is 4.19. The van der Waals surface area contributed by atoms with E-state index in [1.54, 1.807) is 24.3 Å². The van der Waals surface area contributed by atoms with Crippen LogP contribution in [0, 0.1) is 6.92 Å². The molecule has 1 saturated heterocycles. The second-order valence-electron chi connectivity index (χ2n) is 8.04. The highest BCUT2D eigenvalue weighted by Crippen LogP contribution is 2.48. The number of nitrogens with zero attached hydrogens (tertiary/aromatic N) is 1. The van der Waals surface area contributed by atoms with Gasteiger partial charge in [0.15, 0.2) is 11.5 Å². The van der Waals surface area contributed by atoms with Gasteiger partial charge >= 0.3 is 0 Å². The van der Waals surface area contributed by atoms with Gasteiger partial charge in [0.25, 0.3) is 0 Å². The fourth-order valence-corrected chi connectivity index (χ4v) is 5.42. The monoisotopic (exact) mass is 452 g/mol. The molecule has 7 nitrogen and oxygen atoms in total. The van der Waals surface area contributed by atoms with Gasteiger partial charge in [-0.15, -0.1) is 0 Å². The Labute approximate surface area is 187 Å². The zero-order chi connectivity index (χ0) is 22.3. The van der Waals surface area contributed by atoms with Crippen molar-refractivity contribution < 1.29 is 23.0 Å². The van der Waals surface area contributed by atoms with Gasteiger partial charge in [-0.25, -0.2) is 13.1 Å². The molecule has 5 rings (SSSR count). The van der Waals surface area contributed by atoms with Crippen LogP contribution in [0.3, 0.4) is 0 Å². The smallest absolute Gasteiger partial charge is 0.240 e. The van der Waals surface area contributed by atoms with Gasteiger partial charge in [-0.3, -0.25) is 0 Å². The third-order valence-electron chi connectivity index (χ3n) is 5.83. The molecule has 0 amide bonds. The van der Waals surface area contributed by atoms with Crippen molar-refractivity contribution in [2.75, 3.05) is 18.1 Å². The van der Waals surface area contributed by atoms with Crippen LogP contribution >= 0.6 is 0 Å². The highest BCUT2D eigenvalue weighted by Gasteiger charge is 2.41. The number of hydrogen-bond acceptors (Lipinski definition) is 6. The second-order valence-corrected chi connectivity index (χ2v) is 9.76. The standard InChI is InChI=1S/C24H24N2O5S/c1-16-10-12-17(13-11-16)32(28,29)25-18-14-30-15-21(24(18)27)26-19-6-2-4-8-22(19)31-23-9-5-3-7-20(23)26/h2-13,18,21,24-25,27H,14-15H2,1H3/t18-,21+,24+/m0/s1. The predicted octanol–water partition coefficient (Wildman–Crippen LogP) is 3.35. The van der Waals surface area contributed by atoms with E-state index in [0.717, 1.165) is 16.9 Å². The summed E-state index contributed by atoms with van der Waals surface area (Å²) in [6.45, 7) is 2.22. The van der Waals surface area contributed by atoms with Gasteiger partial charge in [-0.05, 0) is 43.3 Å². The first-order chi connectivity index (χ1) is 15.4. The molecule has 3 atom stereocenters. The Hall–Kier alpha value is -2.91. The summed E-state index contributed by atoms with van der Waals surface area (Å²) in [5, 5.41) is 11.3. The van der Waals surface area contributed by atoms with Gasteiger partial charge in [0.2, 0.25) is 10.0 Å². The van der Waals surface area contributed by atoms with Crippen molar-refractivity contribution in [3.05, 3.63) is 78.4 Å². The van der Waals surface area contributed by atoms with Crippen molar-refractivity contribution in [2.24, 2.45) is 0 Å². The molecule has 8 heteroatoms.